The summed E-state index contributed by atoms with van der Waals surface area (Å²) in [7, 11) is 0. The summed E-state index contributed by atoms with van der Waals surface area (Å²) in [6.07, 6.45) is 0.850. The minimum absolute atomic E-state index is 0.0394. The molecule has 0 spiro atoms. The molecule has 1 fully saturated rings. The quantitative estimate of drug-likeness (QED) is 0.525. The number of thiol groups is 1. The van der Waals surface area contributed by atoms with Gasteiger partial charge in [-0.05, 0) is 6.42 Å². The van der Waals surface area contributed by atoms with Crippen molar-refractivity contribution in [2.24, 2.45) is 5.92 Å². The Labute approximate surface area is 53.6 Å². The van der Waals surface area contributed by atoms with Crippen LogP contribution in [0.25, 0.3) is 0 Å². The van der Waals surface area contributed by atoms with Gasteiger partial charge in [-0.3, -0.25) is 4.79 Å². The minimum atomic E-state index is -0.0394. The molecule has 3 heteroatoms. The molecule has 1 aliphatic heterocycles. The van der Waals surface area contributed by atoms with Crippen molar-refractivity contribution in [3.63, 3.8) is 0 Å². The predicted molar refractivity (Wildman–Crippen MR) is 32.9 cm³/mol. The zero-order valence-electron chi connectivity index (χ0n) is 4.46. The van der Waals surface area contributed by atoms with Crippen LogP contribution >= 0.6 is 12.6 Å². The van der Waals surface area contributed by atoms with Crippen LogP contribution in [0.4, 0.5) is 0 Å². The summed E-state index contributed by atoms with van der Waals surface area (Å²) in [4.78, 5) is 10.4. The fraction of sp³-hybridized carbons (Fsp3) is 0.800. The molecule has 46 valence electrons. The highest BCUT2D eigenvalue weighted by Gasteiger charge is 2.19. The fourth-order valence-corrected chi connectivity index (χ4v) is 0.933. The third-order valence-electron chi connectivity index (χ3n) is 1.28. The first-order valence-corrected chi connectivity index (χ1v) is 3.06. The third-order valence-corrected chi connectivity index (χ3v) is 1.64. The predicted octanol–water partition coefficient (Wildman–Crippen LogP) is 0.479. The molecule has 0 saturated carbocycles. The largest absolute Gasteiger partial charge is 0.381 e. The molecule has 0 bridgehead atoms. The second-order valence-electron chi connectivity index (χ2n) is 1.90. The van der Waals surface area contributed by atoms with E-state index in [1.54, 1.807) is 0 Å². The Morgan fingerprint density at radius 3 is 2.75 bits per heavy atom. The summed E-state index contributed by atoms with van der Waals surface area (Å²) < 4.78 is 4.95. The Kier molecular flexibility index (Phi) is 1.91. The van der Waals surface area contributed by atoms with E-state index in [1.165, 1.54) is 0 Å². The van der Waals surface area contributed by atoms with Crippen molar-refractivity contribution in [2.75, 3.05) is 13.2 Å². The van der Waals surface area contributed by atoms with Crippen molar-refractivity contribution in [3.05, 3.63) is 0 Å². The van der Waals surface area contributed by atoms with E-state index in [4.69, 9.17) is 4.74 Å². The minimum Gasteiger partial charge on any atom is -0.381 e. The van der Waals surface area contributed by atoms with Gasteiger partial charge in [-0.1, -0.05) is 0 Å². The van der Waals surface area contributed by atoms with E-state index in [1.807, 2.05) is 0 Å². The van der Waals surface area contributed by atoms with Crippen LogP contribution in [0.2, 0.25) is 0 Å². The van der Waals surface area contributed by atoms with E-state index < -0.39 is 0 Å². The first-order chi connectivity index (χ1) is 3.80. The SMILES string of the molecule is O=C(S)C1CCOC1. The smallest absolute Gasteiger partial charge is 0.191 e. The average Bonchev–Trinajstić information content (AvgIpc) is 2.12. The maximum atomic E-state index is 10.4. The van der Waals surface area contributed by atoms with Gasteiger partial charge in [-0.15, -0.1) is 12.6 Å². The molecule has 1 rings (SSSR count). The van der Waals surface area contributed by atoms with Crippen molar-refractivity contribution < 1.29 is 9.53 Å². The van der Waals surface area contributed by atoms with Gasteiger partial charge in [-0.2, -0.15) is 0 Å². The Morgan fingerprint density at radius 2 is 2.50 bits per heavy atom. The molecule has 0 radical (unpaired) electrons. The Morgan fingerprint density at radius 1 is 1.75 bits per heavy atom. The number of carbonyl (C=O) groups is 1. The van der Waals surface area contributed by atoms with Crippen molar-refractivity contribution in [1.82, 2.24) is 0 Å². The van der Waals surface area contributed by atoms with Crippen molar-refractivity contribution in [2.45, 2.75) is 6.42 Å². The molecule has 1 saturated heterocycles. The van der Waals surface area contributed by atoms with Gasteiger partial charge in [0.2, 0.25) is 0 Å². The van der Waals surface area contributed by atoms with E-state index in [9.17, 15) is 4.79 Å². The molecule has 1 heterocycles. The van der Waals surface area contributed by atoms with E-state index in [0.717, 1.165) is 13.0 Å². The standard InChI is InChI=1S/C5H8O2S/c6-5(8)4-1-2-7-3-4/h4H,1-3H2,(H,6,8). The number of ether oxygens (including phenoxy) is 1. The lowest BCUT2D eigenvalue weighted by molar-refractivity contribution is -0.114. The van der Waals surface area contributed by atoms with Gasteiger partial charge in [-0.25, -0.2) is 0 Å². The summed E-state index contributed by atoms with van der Waals surface area (Å²) in [5.74, 6) is 0.0679. The highest BCUT2D eigenvalue weighted by atomic mass is 32.1. The molecule has 8 heavy (non-hydrogen) atoms. The van der Waals surface area contributed by atoms with Crippen LogP contribution in [-0.2, 0) is 9.53 Å². The van der Waals surface area contributed by atoms with Gasteiger partial charge < -0.3 is 4.74 Å². The first kappa shape index (κ1) is 6.11. The monoisotopic (exact) mass is 132 g/mol. The molecule has 1 unspecified atom stereocenters. The molecular formula is C5H8O2S. The van der Waals surface area contributed by atoms with E-state index in [2.05, 4.69) is 12.6 Å². The van der Waals surface area contributed by atoms with Crippen LogP contribution in [0.1, 0.15) is 6.42 Å². The van der Waals surface area contributed by atoms with Gasteiger partial charge in [0, 0.05) is 6.61 Å². The lowest BCUT2D eigenvalue weighted by Crippen LogP contribution is -2.06. The van der Waals surface area contributed by atoms with Gasteiger partial charge >= 0.3 is 0 Å². The molecule has 0 aromatic rings. The Hall–Kier alpha value is -0.0200. The molecule has 0 aromatic carbocycles. The molecule has 1 atom stereocenters. The average molecular weight is 132 g/mol. The summed E-state index contributed by atoms with van der Waals surface area (Å²) >= 11 is 3.67. The second-order valence-corrected chi connectivity index (χ2v) is 2.34. The first-order valence-electron chi connectivity index (χ1n) is 2.61. The lowest BCUT2D eigenvalue weighted by Gasteiger charge is -1.96. The van der Waals surface area contributed by atoms with Gasteiger partial charge in [0.15, 0.2) is 5.12 Å². The highest BCUT2D eigenvalue weighted by molar-refractivity contribution is 7.96. The number of hydrogen-bond acceptors (Lipinski definition) is 2. The molecule has 0 N–H and O–H groups in total. The third kappa shape index (κ3) is 1.23. The normalized spacial score (nSPS) is 28.4. The molecular weight excluding hydrogens is 124 g/mol. The maximum Gasteiger partial charge on any atom is 0.191 e. The van der Waals surface area contributed by atoms with Crippen LogP contribution < -0.4 is 0 Å². The zero-order valence-corrected chi connectivity index (χ0v) is 5.36. The number of carbonyl (C=O) groups excluding carboxylic acids is 1. The summed E-state index contributed by atoms with van der Waals surface area (Å²) in [5, 5.41) is -0.0394. The lowest BCUT2D eigenvalue weighted by atomic mass is 10.1. The van der Waals surface area contributed by atoms with Crippen molar-refractivity contribution >= 4 is 17.7 Å². The topological polar surface area (TPSA) is 26.3 Å². The highest BCUT2D eigenvalue weighted by Crippen LogP contribution is 2.14. The van der Waals surface area contributed by atoms with Crippen LogP contribution in [0.15, 0.2) is 0 Å². The van der Waals surface area contributed by atoms with Crippen molar-refractivity contribution in [3.8, 4) is 0 Å². The summed E-state index contributed by atoms with van der Waals surface area (Å²) in [5.41, 5.74) is 0. The number of rotatable bonds is 1. The molecule has 2 nitrogen and oxygen atoms in total. The maximum absolute atomic E-state index is 10.4. The van der Waals surface area contributed by atoms with Gasteiger partial charge in [0.05, 0.1) is 12.5 Å². The van der Waals surface area contributed by atoms with Crippen LogP contribution in [0.3, 0.4) is 0 Å². The summed E-state index contributed by atoms with van der Waals surface area (Å²) in [6.45, 7) is 1.29. The van der Waals surface area contributed by atoms with Gasteiger partial charge in [0.1, 0.15) is 0 Å². The van der Waals surface area contributed by atoms with E-state index in [0.29, 0.717) is 6.61 Å². The molecule has 0 amide bonds. The van der Waals surface area contributed by atoms with Crippen LogP contribution in [-0.4, -0.2) is 18.3 Å². The Bertz CT molecular complexity index is 96.6. The van der Waals surface area contributed by atoms with E-state index in [-0.39, 0.29) is 11.0 Å². The summed E-state index contributed by atoms with van der Waals surface area (Å²) in [6, 6.07) is 0. The zero-order chi connectivity index (χ0) is 5.98. The van der Waals surface area contributed by atoms with Gasteiger partial charge in [0.25, 0.3) is 0 Å². The Balaban J connectivity index is 2.35. The molecule has 0 aromatic heterocycles. The number of hydrogen-bond donors (Lipinski definition) is 1. The molecule has 1 aliphatic rings. The van der Waals surface area contributed by atoms with E-state index >= 15 is 0 Å². The molecule has 0 aliphatic carbocycles. The van der Waals surface area contributed by atoms with Crippen molar-refractivity contribution in [1.29, 1.82) is 0 Å². The second kappa shape index (κ2) is 2.51. The van der Waals surface area contributed by atoms with Crippen LogP contribution in [0, 0.1) is 5.92 Å². The van der Waals surface area contributed by atoms with Crippen LogP contribution in [0.5, 0.6) is 0 Å². The fourth-order valence-electron chi connectivity index (χ4n) is 0.729.